The number of halogens is 2. The zero-order valence-corrected chi connectivity index (χ0v) is 21.7. The molecule has 0 amide bonds. The molecule has 1 saturated carbocycles. The number of rotatable bonds is 7. The van der Waals surface area contributed by atoms with Gasteiger partial charge in [-0.2, -0.15) is 0 Å². The lowest BCUT2D eigenvalue weighted by atomic mass is 9.59. The minimum absolute atomic E-state index is 0.0194. The lowest BCUT2D eigenvalue weighted by Gasteiger charge is -2.55. The number of nitrogens with zero attached hydrogens (tertiary/aromatic N) is 2. The number of nitrogens with one attached hydrogen (secondary N) is 2. The van der Waals surface area contributed by atoms with Crippen LogP contribution in [-0.2, 0) is 6.54 Å². The largest absolute Gasteiger partial charge is 0.496 e. The van der Waals surface area contributed by atoms with Crippen LogP contribution >= 0.6 is 0 Å². The Morgan fingerprint density at radius 3 is 2.73 bits per heavy atom. The summed E-state index contributed by atoms with van der Waals surface area (Å²) in [5.74, 6) is -2.43. The van der Waals surface area contributed by atoms with Crippen molar-refractivity contribution in [2.75, 3.05) is 19.0 Å². The van der Waals surface area contributed by atoms with Crippen molar-refractivity contribution in [2.24, 2.45) is 5.41 Å². The summed E-state index contributed by atoms with van der Waals surface area (Å²) in [4.78, 5) is 21.7. The number of benzene rings is 1. The summed E-state index contributed by atoms with van der Waals surface area (Å²) in [5.41, 5.74) is 3.54. The molecule has 37 heavy (non-hydrogen) atoms. The number of likely N-dealkylation sites (tertiary alicyclic amines) is 1. The van der Waals surface area contributed by atoms with Gasteiger partial charge in [0.05, 0.1) is 7.11 Å². The number of carboxylic acids is 1. The predicted molar refractivity (Wildman–Crippen MR) is 139 cm³/mol. The number of aromatic amines is 1. The Labute approximate surface area is 215 Å². The van der Waals surface area contributed by atoms with Crippen LogP contribution in [0.4, 0.5) is 14.6 Å². The number of aromatic nitrogens is 2. The number of hydrogen-bond acceptors (Lipinski definition) is 5. The van der Waals surface area contributed by atoms with Crippen molar-refractivity contribution in [3.8, 4) is 5.75 Å². The summed E-state index contributed by atoms with van der Waals surface area (Å²) in [6, 6.07) is 7.19. The summed E-state index contributed by atoms with van der Waals surface area (Å²) < 4.78 is 33.9. The fraction of sp³-hybridized carbons (Fsp3) is 0.500. The van der Waals surface area contributed by atoms with Crippen LogP contribution in [0.15, 0.2) is 30.5 Å². The number of methoxy groups -OCH3 is 1. The monoisotopic (exact) mass is 512 g/mol. The molecule has 1 aliphatic heterocycles. The van der Waals surface area contributed by atoms with Crippen LogP contribution in [0.25, 0.3) is 10.9 Å². The van der Waals surface area contributed by atoms with Gasteiger partial charge < -0.3 is 20.1 Å². The number of aryl methyl sites for hydroxylation is 1. The first-order chi connectivity index (χ1) is 17.5. The molecule has 1 saturated heterocycles. The minimum Gasteiger partial charge on any atom is -0.496 e. The maximum absolute atomic E-state index is 14.1. The van der Waals surface area contributed by atoms with Crippen molar-refractivity contribution < 1.29 is 23.4 Å². The maximum Gasteiger partial charge on any atom is 0.354 e. The zero-order valence-electron chi connectivity index (χ0n) is 21.7. The first-order valence-electron chi connectivity index (χ1n) is 12.8. The molecule has 1 atom stereocenters. The molecule has 0 radical (unpaired) electrons. The van der Waals surface area contributed by atoms with Gasteiger partial charge in [0, 0.05) is 59.7 Å². The number of fused-ring (bicyclic) bond motifs is 1. The van der Waals surface area contributed by atoms with Gasteiger partial charge in [-0.1, -0.05) is 6.07 Å². The highest BCUT2D eigenvalue weighted by Gasteiger charge is 2.58. The van der Waals surface area contributed by atoms with Crippen LogP contribution in [0.2, 0.25) is 0 Å². The van der Waals surface area contributed by atoms with Gasteiger partial charge >= 0.3 is 5.97 Å². The molecule has 7 nitrogen and oxygen atoms in total. The van der Waals surface area contributed by atoms with E-state index in [2.05, 4.69) is 20.2 Å². The number of carboxylic acid groups (broad SMARTS) is 1. The van der Waals surface area contributed by atoms with E-state index in [-0.39, 0.29) is 30.6 Å². The molecule has 3 N–H and O–H groups in total. The number of carbonyl (C=O) groups is 1. The second kappa shape index (κ2) is 9.28. The van der Waals surface area contributed by atoms with Gasteiger partial charge in [-0.3, -0.25) is 4.90 Å². The number of alkyl halides is 2. The van der Waals surface area contributed by atoms with E-state index >= 15 is 0 Å². The van der Waals surface area contributed by atoms with E-state index in [1.165, 1.54) is 6.07 Å². The van der Waals surface area contributed by atoms with Crippen molar-refractivity contribution in [3.05, 3.63) is 52.8 Å². The van der Waals surface area contributed by atoms with Crippen molar-refractivity contribution in [2.45, 2.75) is 71.0 Å². The van der Waals surface area contributed by atoms with Crippen LogP contribution in [0.1, 0.15) is 72.8 Å². The van der Waals surface area contributed by atoms with Gasteiger partial charge in [-0.25, -0.2) is 18.6 Å². The highest BCUT2D eigenvalue weighted by Crippen LogP contribution is 2.61. The van der Waals surface area contributed by atoms with Crippen LogP contribution in [0.3, 0.4) is 0 Å². The second-order valence-electron chi connectivity index (χ2n) is 11.0. The number of aromatic carboxylic acids is 1. The predicted octanol–water partition coefficient (Wildman–Crippen LogP) is 6.15. The summed E-state index contributed by atoms with van der Waals surface area (Å²) in [6.07, 6.45) is 2.96. The smallest absolute Gasteiger partial charge is 0.354 e. The molecule has 2 fully saturated rings. The van der Waals surface area contributed by atoms with E-state index in [1.807, 2.05) is 39.1 Å². The first kappa shape index (κ1) is 25.4. The lowest BCUT2D eigenvalue weighted by molar-refractivity contribution is -0.186. The Balaban J connectivity index is 1.57. The molecule has 2 aromatic heterocycles. The Kier molecular flexibility index (Phi) is 6.38. The van der Waals surface area contributed by atoms with Crippen molar-refractivity contribution in [1.82, 2.24) is 14.9 Å². The fourth-order valence-corrected chi connectivity index (χ4v) is 6.27. The molecule has 1 aromatic carbocycles. The molecular formula is C28H34F2N4O3. The van der Waals surface area contributed by atoms with E-state index in [4.69, 9.17) is 4.74 Å². The average molecular weight is 513 g/mol. The van der Waals surface area contributed by atoms with Gasteiger partial charge in [0.15, 0.2) is 5.69 Å². The number of pyridine rings is 1. The van der Waals surface area contributed by atoms with Gasteiger partial charge in [0.25, 0.3) is 0 Å². The molecule has 5 rings (SSSR count). The summed E-state index contributed by atoms with van der Waals surface area (Å²) in [5, 5.41) is 13.9. The SMILES string of the molecule is COc1cc(C)c2[nH]ccc2c1CN1CCC2(C[C@H]1c1ccc(C(=O)O)nc1NC(C)C)CC(F)(F)C2. The Hall–Kier alpha value is -3.20. The summed E-state index contributed by atoms with van der Waals surface area (Å²) in [7, 11) is 1.66. The normalized spacial score (nSPS) is 20.8. The molecular weight excluding hydrogens is 478 g/mol. The highest BCUT2D eigenvalue weighted by molar-refractivity contribution is 5.88. The molecule has 1 aliphatic carbocycles. The molecule has 0 bridgehead atoms. The number of H-pyrrole nitrogens is 1. The Morgan fingerprint density at radius 1 is 1.32 bits per heavy atom. The standard InChI is InChI=1S/C28H34F2N4O3/c1-16(2)32-25-19(5-6-21(33-25)26(35)36)22-12-27(14-28(29,30)15-27)8-10-34(22)13-20-18-7-9-31-24(18)17(3)11-23(20)37-4/h5-7,9,11,16,22,31H,8,10,12-15H2,1-4H3,(H,32,33)(H,35,36)/t22-/m0/s1. The van der Waals surface area contributed by atoms with Crippen molar-refractivity contribution >= 4 is 22.7 Å². The zero-order chi connectivity index (χ0) is 26.5. The first-order valence-corrected chi connectivity index (χ1v) is 12.8. The molecule has 9 heteroatoms. The topological polar surface area (TPSA) is 90.5 Å². The summed E-state index contributed by atoms with van der Waals surface area (Å²) in [6.45, 7) is 7.17. The van der Waals surface area contributed by atoms with E-state index in [1.54, 1.807) is 13.2 Å². The van der Waals surface area contributed by atoms with Crippen LogP contribution in [0.5, 0.6) is 5.75 Å². The third-order valence-corrected chi connectivity index (χ3v) is 7.89. The molecule has 198 valence electrons. The van der Waals surface area contributed by atoms with E-state index in [0.29, 0.717) is 31.7 Å². The third-order valence-electron chi connectivity index (χ3n) is 7.89. The number of anilines is 1. The Morgan fingerprint density at radius 2 is 2.08 bits per heavy atom. The molecule has 0 unspecified atom stereocenters. The van der Waals surface area contributed by atoms with Crippen LogP contribution in [-0.4, -0.2) is 51.6 Å². The average Bonchev–Trinajstić information content (AvgIpc) is 3.31. The lowest BCUT2D eigenvalue weighted by Crippen LogP contribution is -2.53. The fourth-order valence-electron chi connectivity index (χ4n) is 6.27. The highest BCUT2D eigenvalue weighted by atomic mass is 19.3. The Bertz CT molecular complexity index is 1330. The van der Waals surface area contributed by atoms with Crippen LogP contribution in [0, 0.1) is 12.3 Å². The van der Waals surface area contributed by atoms with Gasteiger partial charge in [0.2, 0.25) is 5.92 Å². The number of hydrogen-bond donors (Lipinski definition) is 3. The molecule has 3 heterocycles. The van der Waals surface area contributed by atoms with E-state index in [9.17, 15) is 18.7 Å². The minimum atomic E-state index is -2.62. The van der Waals surface area contributed by atoms with E-state index < -0.39 is 17.3 Å². The molecule has 1 spiro atoms. The summed E-state index contributed by atoms with van der Waals surface area (Å²) >= 11 is 0. The van der Waals surface area contributed by atoms with Crippen molar-refractivity contribution in [1.29, 1.82) is 0 Å². The number of piperidine rings is 1. The molecule has 2 aliphatic rings. The van der Waals surface area contributed by atoms with Crippen LogP contribution < -0.4 is 10.1 Å². The third kappa shape index (κ3) is 4.77. The van der Waals surface area contributed by atoms with Crippen molar-refractivity contribution in [3.63, 3.8) is 0 Å². The van der Waals surface area contributed by atoms with Gasteiger partial charge in [-0.05, 0) is 69.3 Å². The van der Waals surface area contributed by atoms with Gasteiger partial charge in [0.1, 0.15) is 11.6 Å². The molecule has 3 aromatic rings. The number of ether oxygens (including phenoxy) is 1. The quantitative estimate of drug-likeness (QED) is 0.352. The maximum atomic E-state index is 14.1. The van der Waals surface area contributed by atoms with Gasteiger partial charge in [-0.15, -0.1) is 0 Å². The second-order valence-corrected chi connectivity index (χ2v) is 11.0. The van der Waals surface area contributed by atoms with E-state index in [0.717, 1.165) is 33.3 Å².